The van der Waals surface area contributed by atoms with Crippen molar-refractivity contribution in [3.05, 3.63) is 53.6 Å². The minimum atomic E-state index is 0.153. The zero-order chi connectivity index (χ0) is 14.1. The maximum absolute atomic E-state index is 11.1. The summed E-state index contributed by atoms with van der Waals surface area (Å²) in [7, 11) is 0. The maximum Gasteiger partial charge on any atom is 0.135 e. The van der Waals surface area contributed by atoms with Gasteiger partial charge in [0.15, 0.2) is 0 Å². The Balaban J connectivity index is 1.93. The molecule has 2 aromatic carbocycles. The Morgan fingerprint density at radius 1 is 1.05 bits per heavy atom. The predicted molar refractivity (Wildman–Crippen MR) is 82.8 cm³/mol. The number of ketones is 1. The minimum Gasteiger partial charge on any atom is -0.300 e. The second kappa shape index (κ2) is 5.04. The summed E-state index contributed by atoms with van der Waals surface area (Å²) < 4.78 is 0. The Morgan fingerprint density at radius 2 is 1.80 bits per heavy atom. The van der Waals surface area contributed by atoms with Gasteiger partial charge in [0, 0.05) is 12.1 Å². The summed E-state index contributed by atoms with van der Waals surface area (Å²) in [6.45, 7) is 3.50. The first kappa shape index (κ1) is 12.8. The molecule has 0 unspecified atom stereocenters. The Morgan fingerprint density at radius 3 is 2.60 bits per heavy atom. The first-order valence-corrected chi connectivity index (χ1v) is 6.88. The molecular weight excluding hydrogens is 246 g/mol. The van der Waals surface area contributed by atoms with Crippen molar-refractivity contribution in [1.82, 2.24) is 0 Å². The van der Waals surface area contributed by atoms with Crippen LogP contribution in [0.2, 0.25) is 0 Å². The van der Waals surface area contributed by atoms with Crippen LogP contribution in [0.4, 0.5) is 5.69 Å². The SMILES string of the molecule is CC(=O)CC(C)=Nc1ccc2c(c1)Cc1ccccc1-2. The van der Waals surface area contributed by atoms with Gasteiger partial charge in [-0.05, 0) is 54.7 Å². The standard InChI is InChI=1S/C18H17NO/c1-12(9-13(2)20)19-16-7-8-18-15(11-16)10-14-5-3-4-6-17(14)18/h3-8,11H,9-10H2,1-2H3. The fourth-order valence-electron chi connectivity index (χ4n) is 2.82. The predicted octanol–water partition coefficient (Wildman–Crippen LogP) is 4.33. The van der Waals surface area contributed by atoms with Crippen molar-refractivity contribution in [2.24, 2.45) is 4.99 Å². The van der Waals surface area contributed by atoms with E-state index < -0.39 is 0 Å². The van der Waals surface area contributed by atoms with Crippen LogP contribution < -0.4 is 0 Å². The fourth-order valence-corrected chi connectivity index (χ4v) is 2.82. The summed E-state index contributed by atoms with van der Waals surface area (Å²) >= 11 is 0. The van der Waals surface area contributed by atoms with Gasteiger partial charge in [-0.2, -0.15) is 0 Å². The number of fused-ring (bicyclic) bond motifs is 3. The van der Waals surface area contributed by atoms with Crippen LogP contribution in [-0.2, 0) is 11.2 Å². The summed E-state index contributed by atoms with van der Waals surface area (Å²) in [6.07, 6.45) is 1.40. The molecule has 0 fully saturated rings. The molecule has 0 saturated heterocycles. The van der Waals surface area contributed by atoms with Crippen molar-refractivity contribution >= 4 is 17.2 Å². The van der Waals surface area contributed by atoms with Crippen molar-refractivity contribution in [3.63, 3.8) is 0 Å². The number of nitrogens with zero attached hydrogens (tertiary/aromatic N) is 1. The highest BCUT2D eigenvalue weighted by molar-refractivity contribution is 6.00. The quantitative estimate of drug-likeness (QED) is 0.647. The van der Waals surface area contributed by atoms with E-state index >= 15 is 0 Å². The molecule has 0 radical (unpaired) electrons. The fraction of sp³-hybridized carbons (Fsp3) is 0.222. The van der Waals surface area contributed by atoms with Gasteiger partial charge in [-0.15, -0.1) is 0 Å². The molecule has 20 heavy (non-hydrogen) atoms. The van der Waals surface area contributed by atoms with Gasteiger partial charge in [0.2, 0.25) is 0 Å². The molecule has 100 valence electrons. The average Bonchev–Trinajstić information content (AvgIpc) is 2.75. The smallest absolute Gasteiger partial charge is 0.135 e. The van der Waals surface area contributed by atoms with Crippen LogP contribution in [-0.4, -0.2) is 11.5 Å². The molecule has 0 bridgehead atoms. The lowest BCUT2D eigenvalue weighted by molar-refractivity contribution is -0.115. The molecule has 0 amide bonds. The monoisotopic (exact) mass is 263 g/mol. The summed E-state index contributed by atoms with van der Waals surface area (Å²) in [5.74, 6) is 0.153. The van der Waals surface area contributed by atoms with Crippen LogP contribution in [0.25, 0.3) is 11.1 Å². The minimum absolute atomic E-state index is 0.153. The van der Waals surface area contributed by atoms with Crippen LogP contribution in [0.1, 0.15) is 31.4 Å². The number of aliphatic imine (C=N–C) groups is 1. The number of carbonyl (C=O) groups excluding carboxylic acids is 1. The first-order valence-electron chi connectivity index (χ1n) is 6.88. The number of Topliss-reactive ketones (excluding diaryl/α,β-unsaturated/α-hetero) is 1. The molecule has 2 nitrogen and oxygen atoms in total. The van der Waals surface area contributed by atoms with Crippen LogP contribution in [0.3, 0.4) is 0 Å². The number of hydrogen-bond donors (Lipinski definition) is 0. The van der Waals surface area contributed by atoms with Crippen molar-refractivity contribution in [3.8, 4) is 11.1 Å². The second-order valence-electron chi connectivity index (χ2n) is 5.40. The molecule has 1 aliphatic rings. The van der Waals surface area contributed by atoms with E-state index in [1.165, 1.54) is 22.3 Å². The number of benzene rings is 2. The molecule has 0 spiro atoms. The van der Waals surface area contributed by atoms with E-state index in [-0.39, 0.29) is 5.78 Å². The van der Waals surface area contributed by atoms with Gasteiger partial charge >= 0.3 is 0 Å². The molecule has 0 saturated carbocycles. The third kappa shape index (κ3) is 2.42. The van der Waals surface area contributed by atoms with Crippen molar-refractivity contribution in [2.75, 3.05) is 0 Å². The van der Waals surface area contributed by atoms with Gasteiger partial charge in [-0.3, -0.25) is 9.79 Å². The molecule has 0 aliphatic heterocycles. The Bertz CT molecular complexity index is 713. The zero-order valence-corrected chi connectivity index (χ0v) is 11.8. The van der Waals surface area contributed by atoms with Gasteiger partial charge in [0.1, 0.15) is 5.78 Å². The third-order valence-corrected chi connectivity index (χ3v) is 3.60. The molecule has 0 heterocycles. The van der Waals surface area contributed by atoms with Crippen LogP contribution in [0, 0.1) is 0 Å². The highest BCUT2D eigenvalue weighted by atomic mass is 16.1. The normalized spacial score (nSPS) is 13.0. The van der Waals surface area contributed by atoms with Gasteiger partial charge < -0.3 is 0 Å². The van der Waals surface area contributed by atoms with Crippen LogP contribution in [0.5, 0.6) is 0 Å². The zero-order valence-electron chi connectivity index (χ0n) is 11.8. The number of carbonyl (C=O) groups is 1. The molecule has 3 rings (SSSR count). The molecule has 0 aromatic heterocycles. The molecule has 1 aliphatic carbocycles. The van der Waals surface area contributed by atoms with E-state index in [9.17, 15) is 4.79 Å². The molecule has 2 aromatic rings. The van der Waals surface area contributed by atoms with Crippen LogP contribution >= 0.6 is 0 Å². The summed E-state index contributed by atoms with van der Waals surface area (Å²) in [4.78, 5) is 15.6. The largest absolute Gasteiger partial charge is 0.300 e. The lowest BCUT2D eigenvalue weighted by atomic mass is 10.1. The molecule has 2 heteroatoms. The lowest BCUT2D eigenvalue weighted by Crippen LogP contribution is -1.99. The second-order valence-corrected chi connectivity index (χ2v) is 5.40. The van der Waals surface area contributed by atoms with Gasteiger partial charge in [0.05, 0.1) is 5.69 Å². The number of hydrogen-bond acceptors (Lipinski definition) is 2. The highest BCUT2D eigenvalue weighted by Crippen LogP contribution is 2.38. The Hall–Kier alpha value is -2.22. The van der Waals surface area contributed by atoms with Crippen molar-refractivity contribution < 1.29 is 4.79 Å². The molecule has 0 N–H and O–H groups in total. The first-order chi connectivity index (χ1) is 9.63. The van der Waals surface area contributed by atoms with Crippen LogP contribution in [0.15, 0.2) is 47.5 Å². The van der Waals surface area contributed by atoms with E-state index in [1.807, 2.05) is 13.0 Å². The molecular formula is C18H17NO. The average molecular weight is 263 g/mol. The van der Waals surface area contributed by atoms with E-state index in [2.05, 4.69) is 41.4 Å². The topological polar surface area (TPSA) is 29.4 Å². The highest BCUT2D eigenvalue weighted by Gasteiger charge is 2.17. The maximum atomic E-state index is 11.1. The van der Waals surface area contributed by atoms with Crippen molar-refractivity contribution in [1.29, 1.82) is 0 Å². The van der Waals surface area contributed by atoms with Gasteiger partial charge in [-0.1, -0.05) is 30.3 Å². The molecule has 0 atom stereocenters. The van der Waals surface area contributed by atoms with Crippen molar-refractivity contribution in [2.45, 2.75) is 26.7 Å². The van der Waals surface area contributed by atoms with Gasteiger partial charge in [-0.25, -0.2) is 0 Å². The number of rotatable bonds is 3. The summed E-state index contributed by atoms with van der Waals surface area (Å²) in [5.41, 5.74) is 7.15. The summed E-state index contributed by atoms with van der Waals surface area (Å²) in [5, 5.41) is 0. The lowest BCUT2D eigenvalue weighted by Gasteiger charge is -2.03. The Labute approximate surface area is 119 Å². The van der Waals surface area contributed by atoms with E-state index in [4.69, 9.17) is 0 Å². The van der Waals surface area contributed by atoms with E-state index in [1.54, 1.807) is 6.92 Å². The van der Waals surface area contributed by atoms with E-state index in [0.717, 1.165) is 17.8 Å². The summed E-state index contributed by atoms with van der Waals surface area (Å²) in [6, 6.07) is 14.8. The third-order valence-electron chi connectivity index (χ3n) is 3.60. The van der Waals surface area contributed by atoms with Gasteiger partial charge in [0.25, 0.3) is 0 Å². The Kier molecular flexibility index (Phi) is 3.23. The van der Waals surface area contributed by atoms with E-state index in [0.29, 0.717) is 6.42 Å².